The second-order valence-corrected chi connectivity index (χ2v) is 7.66. The average Bonchev–Trinajstić information content (AvgIpc) is 2.82. The molecule has 1 heterocycles. The van der Waals surface area contributed by atoms with Crippen molar-refractivity contribution in [3.63, 3.8) is 0 Å². The maximum atomic E-state index is 13.4. The van der Waals surface area contributed by atoms with Gasteiger partial charge < -0.3 is 15.4 Å². The van der Waals surface area contributed by atoms with Crippen molar-refractivity contribution in [1.82, 2.24) is 10.6 Å². The van der Waals surface area contributed by atoms with Gasteiger partial charge in [-0.3, -0.25) is 14.9 Å². The van der Waals surface area contributed by atoms with Crippen LogP contribution in [0.3, 0.4) is 0 Å². The van der Waals surface area contributed by atoms with Crippen LogP contribution in [0.25, 0.3) is 0 Å². The first kappa shape index (κ1) is 24.2. The van der Waals surface area contributed by atoms with E-state index < -0.39 is 22.7 Å². The summed E-state index contributed by atoms with van der Waals surface area (Å²) in [5.41, 5.74) is 2.02. The SMILES string of the molecule is CC1=C(C(=O)NCc2ccccc2)C(c2ccccc2[N+](=O)[O-])C(C(=O)OCCC#N)=C(C)N1. The zero-order chi connectivity index (χ0) is 24.7. The second-order valence-electron chi connectivity index (χ2n) is 7.66. The lowest BCUT2D eigenvalue weighted by molar-refractivity contribution is -0.385. The van der Waals surface area contributed by atoms with Crippen LogP contribution in [-0.4, -0.2) is 23.4 Å². The van der Waals surface area contributed by atoms with Gasteiger partial charge in [0.1, 0.15) is 6.61 Å². The molecule has 1 aliphatic heterocycles. The predicted octanol–water partition coefficient (Wildman–Crippen LogP) is 3.60. The Morgan fingerprint density at radius 1 is 1.09 bits per heavy atom. The van der Waals surface area contributed by atoms with E-state index in [0.717, 1.165) is 5.56 Å². The van der Waals surface area contributed by atoms with Crippen molar-refractivity contribution >= 4 is 17.6 Å². The number of para-hydroxylation sites is 1. The molecule has 0 spiro atoms. The first-order chi connectivity index (χ1) is 16.3. The number of hydrogen-bond donors (Lipinski definition) is 2. The number of nitrogens with one attached hydrogen (secondary N) is 2. The molecule has 9 nitrogen and oxygen atoms in total. The minimum Gasteiger partial charge on any atom is -0.461 e. The molecule has 0 aromatic heterocycles. The summed E-state index contributed by atoms with van der Waals surface area (Å²) in [7, 11) is 0. The summed E-state index contributed by atoms with van der Waals surface area (Å²) >= 11 is 0. The molecule has 174 valence electrons. The molecule has 2 N–H and O–H groups in total. The number of amides is 1. The fraction of sp³-hybridized carbons (Fsp3) is 0.240. The molecule has 2 aromatic carbocycles. The van der Waals surface area contributed by atoms with Crippen molar-refractivity contribution < 1.29 is 19.2 Å². The molecule has 9 heteroatoms. The number of rotatable bonds is 8. The lowest BCUT2D eigenvalue weighted by atomic mass is 9.79. The van der Waals surface area contributed by atoms with Crippen molar-refractivity contribution in [3.05, 3.63) is 98.4 Å². The molecule has 0 saturated heterocycles. The maximum absolute atomic E-state index is 13.4. The molecule has 1 unspecified atom stereocenters. The summed E-state index contributed by atoms with van der Waals surface area (Å²) in [6.07, 6.45) is 0.000926. The molecule has 0 fully saturated rings. The van der Waals surface area contributed by atoms with Crippen LogP contribution in [0, 0.1) is 21.4 Å². The number of ether oxygens (including phenoxy) is 1. The molecule has 0 saturated carbocycles. The van der Waals surface area contributed by atoms with E-state index in [1.165, 1.54) is 18.2 Å². The zero-order valence-corrected chi connectivity index (χ0v) is 18.8. The molecule has 2 aromatic rings. The molecule has 0 radical (unpaired) electrons. The number of nitro benzene ring substituents is 1. The highest BCUT2D eigenvalue weighted by atomic mass is 16.6. The Balaban J connectivity index is 2.06. The van der Waals surface area contributed by atoms with Gasteiger partial charge in [0.05, 0.1) is 28.9 Å². The van der Waals surface area contributed by atoms with Crippen molar-refractivity contribution in [2.24, 2.45) is 0 Å². The van der Waals surface area contributed by atoms with Gasteiger partial charge >= 0.3 is 5.97 Å². The zero-order valence-electron chi connectivity index (χ0n) is 18.8. The number of dihydropyridines is 1. The van der Waals surface area contributed by atoms with Crippen LogP contribution in [-0.2, 0) is 20.9 Å². The van der Waals surface area contributed by atoms with Crippen LogP contribution in [0.5, 0.6) is 0 Å². The standard InChI is InChI=1S/C25H24N4O5/c1-16-21(24(30)27-15-18-9-4-3-5-10-18)23(19-11-6-7-12-20(19)29(32)33)22(17(2)28-16)25(31)34-14-8-13-26/h3-7,9-12,23,28H,8,14-15H2,1-2H3,(H,27,30). The Hall–Kier alpha value is -4.45. The molecule has 1 amide bonds. The smallest absolute Gasteiger partial charge is 0.336 e. The number of hydrogen-bond acceptors (Lipinski definition) is 7. The van der Waals surface area contributed by atoms with Crippen molar-refractivity contribution in [2.45, 2.75) is 32.7 Å². The largest absolute Gasteiger partial charge is 0.461 e. The molecule has 0 aliphatic carbocycles. The van der Waals surface area contributed by atoms with Crippen molar-refractivity contribution in [1.29, 1.82) is 5.26 Å². The highest BCUT2D eigenvalue weighted by Gasteiger charge is 2.40. The maximum Gasteiger partial charge on any atom is 0.336 e. The van der Waals surface area contributed by atoms with Crippen LogP contribution in [0.2, 0.25) is 0 Å². The Morgan fingerprint density at radius 3 is 2.41 bits per heavy atom. The van der Waals surface area contributed by atoms with Gasteiger partial charge in [0.15, 0.2) is 0 Å². The topological polar surface area (TPSA) is 134 Å². The minimum atomic E-state index is -1.03. The van der Waals surface area contributed by atoms with E-state index in [-0.39, 0.29) is 42.0 Å². The summed E-state index contributed by atoms with van der Waals surface area (Å²) in [5.74, 6) is -2.25. The fourth-order valence-corrected chi connectivity index (χ4v) is 3.92. The third kappa shape index (κ3) is 5.30. The molecule has 1 aliphatic rings. The molecule has 1 atom stereocenters. The molecule has 0 bridgehead atoms. The molecule has 3 rings (SSSR count). The summed E-state index contributed by atoms with van der Waals surface area (Å²) in [6, 6.07) is 17.2. The van der Waals surface area contributed by atoms with E-state index in [1.807, 2.05) is 36.4 Å². The van der Waals surface area contributed by atoms with E-state index in [2.05, 4.69) is 10.6 Å². The summed E-state index contributed by atoms with van der Waals surface area (Å²) in [4.78, 5) is 37.7. The van der Waals surface area contributed by atoms with Gasteiger partial charge in [-0.2, -0.15) is 5.26 Å². The summed E-state index contributed by atoms with van der Waals surface area (Å²) in [6.45, 7) is 3.43. The van der Waals surface area contributed by atoms with Gasteiger partial charge in [0, 0.05) is 35.1 Å². The highest BCUT2D eigenvalue weighted by molar-refractivity contribution is 6.02. The number of carbonyl (C=O) groups excluding carboxylic acids is 2. The second kappa shape index (κ2) is 10.9. The van der Waals surface area contributed by atoms with Crippen LogP contribution >= 0.6 is 0 Å². The van der Waals surface area contributed by atoms with Crippen LogP contribution in [0.4, 0.5) is 5.69 Å². The first-order valence-corrected chi connectivity index (χ1v) is 10.6. The Morgan fingerprint density at radius 2 is 1.74 bits per heavy atom. The van der Waals surface area contributed by atoms with E-state index in [4.69, 9.17) is 10.00 Å². The highest BCUT2D eigenvalue weighted by Crippen LogP contribution is 2.42. The number of nitrogens with zero attached hydrogens (tertiary/aromatic N) is 2. The summed E-state index contributed by atoms with van der Waals surface area (Å²) in [5, 5.41) is 26.5. The Bertz CT molecular complexity index is 1210. The quantitative estimate of drug-likeness (QED) is 0.266. The van der Waals surface area contributed by atoms with E-state index in [9.17, 15) is 19.7 Å². The van der Waals surface area contributed by atoms with Crippen molar-refractivity contribution in [3.8, 4) is 6.07 Å². The monoisotopic (exact) mass is 460 g/mol. The minimum absolute atomic E-state index is 0.000926. The third-order valence-corrected chi connectivity index (χ3v) is 5.41. The van der Waals surface area contributed by atoms with Crippen LogP contribution < -0.4 is 10.6 Å². The van der Waals surface area contributed by atoms with Gasteiger partial charge in [-0.25, -0.2) is 4.79 Å². The number of nitriles is 1. The van der Waals surface area contributed by atoms with E-state index >= 15 is 0 Å². The van der Waals surface area contributed by atoms with Gasteiger partial charge in [-0.15, -0.1) is 0 Å². The molecular formula is C25H24N4O5. The van der Waals surface area contributed by atoms with Crippen LogP contribution in [0.1, 0.15) is 37.3 Å². The van der Waals surface area contributed by atoms with Crippen molar-refractivity contribution in [2.75, 3.05) is 6.61 Å². The number of nitro groups is 1. The van der Waals surface area contributed by atoms with E-state index in [1.54, 1.807) is 19.9 Å². The Labute approximate surface area is 196 Å². The molecular weight excluding hydrogens is 436 g/mol. The molecule has 34 heavy (non-hydrogen) atoms. The Kier molecular flexibility index (Phi) is 7.77. The van der Waals surface area contributed by atoms with E-state index in [0.29, 0.717) is 11.4 Å². The lowest BCUT2D eigenvalue weighted by Gasteiger charge is -2.30. The average molecular weight is 460 g/mol. The van der Waals surface area contributed by atoms with Gasteiger partial charge in [0.25, 0.3) is 5.69 Å². The number of esters is 1. The first-order valence-electron chi connectivity index (χ1n) is 10.6. The van der Waals surface area contributed by atoms with Crippen LogP contribution in [0.15, 0.2) is 77.1 Å². The normalized spacial score (nSPS) is 15.3. The number of allylic oxidation sites excluding steroid dienone is 2. The number of carbonyl (C=O) groups is 2. The van der Waals surface area contributed by atoms with Gasteiger partial charge in [-0.05, 0) is 19.4 Å². The fourth-order valence-electron chi connectivity index (χ4n) is 3.92. The number of benzene rings is 2. The summed E-state index contributed by atoms with van der Waals surface area (Å²) < 4.78 is 5.25. The third-order valence-electron chi connectivity index (χ3n) is 5.41. The predicted molar refractivity (Wildman–Crippen MR) is 124 cm³/mol. The lowest BCUT2D eigenvalue weighted by Crippen LogP contribution is -2.36. The van der Waals surface area contributed by atoms with Gasteiger partial charge in [0.2, 0.25) is 5.91 Å². The van der Waals surface area contributed by atoms with Gasteiger partial charge in [-0.1, -0.05) is 48.5 Å².